The highest BCUT2D eigenvalue weighted by molar-refractivity contribution is 5.95. The summed E-state index contributed by atoms with van der Waals surface area (Å²) in [6.07, 6.45) is 3.87. The zero-order valence-electron chi connectivity index (χ0n) is 11.5. The SMILES string of the molecule is C=CCc1ccc(/C=N/NC(=O)c2ccccc2)c(O)c1. The highest BCUT2D eigenvalue weighted by Gasteiger charge is 2.03. The molecule has 0 fully saturated rings. The van der Waals surface area contributed by atoms with Crippen molar-refractivity contribution in [1.29, 1.82) is 0 Å². The number of nitrogens with zero attached hydrogens (tertiary/aromatic N) is 1. The fourth-order valence-electron chi connectivity index (χ4n) is 1.81. The number of nitrogens with one attached hydrogen (secondary N) is 1. The van der Waals surface area contributed by atoms with Crippen LogP contribution >= 0.6 is 0 Å². The van der Waals surface area contributed by atoms with Gasteiger partial charge in [0.25, 0.3) is 5.91 Å². The van der Waals surface area contributed by atoms with Gasteiger partial charge in [-0.15, -0.1) is 6.58 Å². The number of amides is 1. The van der Waals surface area contributed by atoms with Crippen LogP contribution in [0.5, 0.6) is 5.75 Å². The molecule has 0 unspecified atom stereocenters. The Balaban J connectivity index is 2.01. The van der Waals surface area contributed by atoms with Gasteiger partial charge in [-0.2, -0.15) is 5.10 Å². The Bertz CT molecular complexity index is 664. The van der Waals surface area contributed by atoms with Crippen LogP contribution in [0.15, 0.2) is 66.3 Å². The lowest BCUT2D eigenvalue weighted by atomic mass is 10.1. The number of rotatable bonds is 5. The van der Waals surface area contributed by atoms with Crippen LogP contribution in [-0.2, 0) is 6.42 Å². The second-order valence-corrected chi connectivity index (χ2v) is 4.45. The molecular weight excluding hydrogens is 264 g/mol. The van der Waals surface area contributed by atoms with Crippen molar-refractivity contribution in [2.24, 2.45) is 5.10 Å². The van der Waals surface area contributed by atoms with E-state index in [9.17, 15) is 9.90 Å². The van der Waals surface area contributed by atoms with Crippen LogP contribution in [0, 0.1) is 0 Å². The maximum atomic E-state index is 11.8. The van der Waals surface area contributed by atoms with Gasteiger partial charge < -0.3 is 5.11 Å². The molecule has 2 aromatic carbocycles. The zero-order chi connectivity index (χ0) is 15.1. The normalized spacial score (nSPS) is 10.5. The molecule has 0 bridgehead atoms. The first-order chi connectivity index (χ1) is 10.2. The average Bonchev–Trinajstić information content (AvgIpc) is 2.50. The Morgan fingerprint density at radius 2 is 2.00 bits per heavy atom. The fourth-order valence-corrected chi connectivity index (χ4v) is 1.81. The maximum Gasteiger partial charge on any atom is 0.271 e. The molecule has 0 aromatic heterocycles. The number of allylic oxidation sites excluding steroid dienone is 1. The highest BCUT2D eigenvalue weighted by atomic mass is 16.3. The summed E-state index contributed by atoms with van der Waals surface area (Å²) in [7, 11) is 0. The van der Waals surface area contributed by atoms with Crippen LogP contribution in [0.25, 0.3) is 0 Å². The van der Waals surface area contributed by atoms with Crippen LogP contribution in [0.4, 0.5) is 0 Å². The Hall–Kier alpha value is -2.88. The van der Waals surface area contributed by atoms with Gasteiger partial charge >= 0.3 is 0 Å². The smallest absolute Gasteiger partial charge is 0.271 e. The molecule has 0 aliphatic rings. The standard InChI is InChI=1S/C17H16N2O2/c1-2-6-13-9-10-15(16(20)11-13)12-18-19-17(21)14-7-4-3-5-8-14/h2-5,7-12,20H,1,6H2,(H,19,21)/b18-12+. The summed E-state index contributed by atoms with van der Waals surface area (Å²) < 4.78 is 0. The Morgan fingerprint density at radius 3 is 2.67 bits per heavy atom. The minimum absolute atomic E-state index is 0.118. The van der Waals surface area contributed by atoms with Gasteiger partial charge in [-0.05, 0) is 36.2 Å². The quantitative estimate of drug-likeness (QED) is 0.502. The lowest BCUT2D eigenvalue weighted by Crippen LogP contribution is -2.17. The maximum absolute atomic E-state index is 11.8. The average molecular weight is 280 g/mol. The Morgan fingerprint density at radius 1 is 1.24 bits per heavy atom. The second-order valence-electron chi connectivity index (χ2n) is 4.45. The van der Waals surface area contributed by atoms with Crippen LogP contribution in [0.3, 0.4) is 0 Å². The second kappa shape index (κ2) is 7.05. The van der Waals surface area contributed by atoms with Crippen molar-refractivity contribution in [2.75, 3.05) is 0 Å². The lowest BCUT2D eigenvalue weighted by molar-refractivity contribution is 0.0955. The number of phenolic OH excluding ortho intramolecular Hbond substituents is 1. The topological polar surface area (TPSA) is 61.7 Å². The third kappa shape index (κ3) is 4.04. The van der Waals surface area contributed by atoms with E-state index in [4.69, 9.17) is 0 Å². The predicted octanol–water partition coefficient (Wildman–Crippen LogP) is 2.88. The first kappa shape index (κ1) is 14.5. The molecule has 0 aliphatic carbocycles. The lowest BCUT2D eigenvalue weighted by Gasteiger charge is -2.02. The summed E-state index contributed by atoms with van der Waals surface area (Å²) in [5, 5.41) is 13.7. The van der Waals surface area contributed by atoms with Crippen molar-refractivity contribution >= 4 is 12.1 Å². The van der Waals surface area contributed by atoms with Gasteiger partial charge in [0.15, 0.2) is 0 Å². The van der Waals surface area contributed by atoms with E-state index >= 15 is 0 Å². The van der Waals surface area contributed by atoms with Gasteiger partial charge in [-0.1, -0.05) is 30.3 Å². The molecule has 2 N–H and O–H groups in total. The molecule has 4 nitrogen and oxygen atoms in total. The van der Waals surface area contributed by atoms with E-state index in [-0.39, 0.29) is 11.7 Å². The molecule has 21 heavy (non-hydrogen) atoms. The summed E-state index contributed by atoms with van der Waals surface area (Å²) in [5.74, 6) is -0.179. The van der Waals surface area contributed by atoms with Gasteiger partial charge in [-0.25, -0.2) is 5.43 Å². The van der Waals surface area contributed by atoms with Gasteiger partial charge in [0, 0.05) is 11.1 Å². The molecule has 0 aliphatic heterocycles. The number of carbonyl (C=O) groups excluding carboxylic acids is 1. The monoisotopic (exact) mass is 280 g/mol. The van der Waals surface area contributed by atoms with Crippen molar-refractivity contribution in [3.8, 4) is 5.75 Å². The van der Waals surface area contributed by atoms with E-state index < -0.39 is 0 Å². The van der Waals surface area contributed by atoms with Crippen molar-refractivity contribution in [3.05, 3.63) is 77.9 Å². The third-order valence-electron chi connectivity index (χ3n) is 2.88. The number of hydrogen-bond donors (Lipinski definition) is 2. The van der Waals surface area contributed by atoms with E-state index in [0.717, 1.165) is 5.56 Å². The molecule has 0 saturated heterocycles. The molecule has 4 heteroatoms. The summed E-state index contributed by atoms with van der Waals surface area (Å²) >= 11 is 0. The van der Waals surface area contributed by atoms with Crippen molar-refractivity contribution in [2.45, 2.75) is 6.42 Å². The Kier molecular flexibility index (Phi) is 4.88. The summed E-state index contributed by atoms with van der Waals surface area (Å²) in [6, 6.07) is 14.1. The number of phenols is 1. The van der Waals surface area contributed by atoms with E-state index in [1.165, 1.54) is 6.21 Å². The zero-order valence-corrected chi connectivity index (χ0v) is 11.5. The van der Waals surface area contributed by atoms with Crippen LogP contribution < -0.4 is 5.43 Å². The molecule has 2 aromatic rings. The minimum atomic E-state index is -0.297. The number of benzene rings is 2. The summed E-state index contributed by atoms with van der Waals surface area (Å²) in [5.41, 5.74) is 4.45. The minimum Gasteiger partial charge on any atom is -0.507 e. The van der Waals surface area contributed by atoms with E-state index in [0.29, 0.717) is 17.5 Å². The van der Waals surface area contributed by atoms with Gasteiger partial charge in [0.05, 0.1) is 6.21 Å². The van der Waals surface area contributed by atoms with Crippen molar-refractivity contribution in [3.63, 3.8) is 0 Å². The summed E-state index contributed by atoms with van der Waals surface area (Å²) in [6.45, 7) is 3.65. The van der Waals surface area contributed by atoms with Gasteiger partial charge in [0.1, 0.15) is 5.75 Å². The van der Waals surface area contributed by atoms with Gasteiger partial charge in [-0.3, -0.25) is 4.79 Å². The molecule has 0 radical (unpaired) electrons. The van der Waals surface area contributed by atoms with Crippen LogP contribution in [-0.4, -0.2) is 17.2 Å². The van der Waals surface area contributed by atoms with Crippen LogP contribution in [0.2, 0.25) is 0 Å². The first-order valence-corrected chi connectivity index (χ1v) is 6.52. The molecule has 1 amide bonds. The van der Waals surface area contributed by atoms with Crippen LogP contribution in [0.1, 0.15) is 21.5 Å². The number of carbonyl (C=O) groups is 1. The number of aromatic hydroxyl groups is 1. The molecule has 106 valence electrons. The number of hydrazone groups is 1. The summed E-state index contributed by atoms with van der Waals surface area (Å²) in [4.78, 5) is 11.8. The van der Waals surface area contributed by atoms with E-state index in [1.54, 1.807) is 42.5 Å². The van der Waals surface area contributed by atoms with E-state index in [1.807, 2.05) is 12.1 Å². The predicted molar refractivity (Wildman–Crippen MR) is 83.5 cm³/mol. The highest BCUT2D eigenvalue weighted by Crippen LogP contribution is 2.17. The molecule has 2 rings (SSSR count). The Labute approximate surface area is 123 Å². The molecular formula is C17H16N2O2. The first-order valence-electron chi connectivity index (χ1n) is 6.52. The van der Waals surface area contributed by atoms with E-state index in [2.05, 4.69) is 17.1 Å². The van der Waals surface area contributed by atoms with Gasteiger partial charge in [0.2, 0.25) is 0 Å². The van der Waals surface area contributed by atoms with Crippen molar-refractivity contribution < 1.29 is 9.90 Å². The molecule has 0 saturated carbocycles. The largest absolute Gasteiger partial charge is 0.507 e. The molecule has 0 heterocycles. The van der Waals surface area contributed by atoms with Crippen molar-refractivity contribution in [1.82, 2.24) is 5.43 Å². The number of hydrogen-bond acceptors (Lipinski definition) is 3. The third-order valence-corrected chi connectivity index (χ3v) is 2.88. The molecule has 0 atom stereocenters. The molecule has 0 spiro atoms. The fraction of sp³-hybridized carbons (Fsp3) is 0.0588.